The third kappa shape index (κ3) is 3.04. The van der Waals surface area contributed by atoms with Crippen molar-refractivity contribution in [1.82, 2.24) is 0 Å². The molecule has 1 nitrogen and oxygen atoms in total. The summed E-state index contributed by atoms with van der Waals surface area (Å²) >= 11 is 23.5. The van der Waals surface area contributed by atoms with Gasteiger partial charge in [0.2, 0.25) is 0 Å². The van der Waals surface area contributed by atoms with Crippen molar-refractivity contribution in [2.45, 2.75) is 26.2 Å². The van der Waals surface area contributed by atoms with Gasteiger partial charge in [0.05, 0.1) is 25.7 Å². The van der Waals surface area contributed by atoms with E-state index in [1.165, 1.54) is 6.07 Å². The molecule has 1 aromatic rings. The second kappa shape index (κ2) is 6.11. The first-order chi connectivity index (χ1) is 7.49. The average Bonchev–Trinajstić information content (AvgIpc) is 2.23. The Hall–Kier alpha value is 0.0500. The third-order valence-corrected chi connectivity index (χ3v) is 3.71. The molecule has 0 bridgehead atoms. The summed E-state index contributed by atoms with van der Waals surface area (Å²) in [6.07, 6.45) is 2.14. The summed E-state index contributed by atoms with van der Waals surface area (Å²) in [5.41, 5.74) is 0.270. The second-order valence-corrected chi connectivity index (χ2v) is 4.94. The molecule has 0 radical (unpaired) electrons. The minimum absolute atomic E-state index is 0.101. The van der Waals surface area contributed by atoms with Gasteiger partial charge in [0.15, 0.2) is 5.78 Å². The molecule has 0 aliphatic heterocycles. The van der Waals surface area contributed by atoms with E-state index >= 15 is 0 Å². The molecule has 88 valence electrons. The largest absolute Gasteiger partial charge is 0.294 e. The molecule has 0 amide bonds. The van der Waals surface area contributed by atoms with Gasteiger partial charge < -0.3 is 0 Å². The maximum Gasteiger partial charge on any atom is 0.165 e. The molecule has 0 atom stereocenters. The van der Waals surface area contributed by atoms with Crippen molar-refractivity contribution >= 4 is 52.2 Å². The van der Waals surface area contributed by atoms with Crippen molar-refractivity contribution in [2.75, 3.05) is 0 Å². The summed E-state index contributed by atoms with van der Waals surface area (Å²) in [7, 11) is 0. The fraction of sp³-hybridized carbons (Fsp3) is 0.364. The molecule has 0 saturated heterocycles. The van der Waals surface area contributed by atoms with Gasteiger partial charge in [0.1, 0.15) is 0 Å². The monoisotopic (exact) mass is 298 g/mol. The molecular weight excluding hydrogens is 290 g/mol. The summed E-state index contributed by atoms with van der Waals surface area (Å²) in [6.45, 7) is 2.01. The Morgan fingerprint density at radius 2 is 1.75 bits per heavy atom. The highest BCUT2D eigenvalue weighted by Crippen LogP contribution is 2.38. The Bertz CT molecular complexity index is 415. The minimum atomic E-state index is -0.101. The molecule has 0 spiro atoms. The predicted molar refractivity (Wildman–Crippen MR) is 70.3 cm³/mol. The van der Waals surface area contributed by atoms with Gasteiger partial charge in [-0.15, -0.1) is 0 Å². The lowest BCUT2D eigenvalue weighted by molar-refractivity contribution is 0.0980. The van der Waals surface area contributed by atoms with Crippen LogP contribution in [0.15, 0.2) is 6.07 Å². The van der Waals surface area contributed by atoms with Crippen molar-refractivity contribution < 1.29 is 4.79 Å². The highest BCUT2D eigenvalue weighted by Gasteiger charge is 2.19. The van der Waals surface area contributed by atoms with Crippen LogP contribution in [0.25, 0.3) is 0 Å². The molecule has 0 aliphatic rings. The van der Waals surface area contributed by atoms with Gasteiger partial charge in [-0.05, 0) is 12.5 Å². The first-order valence-corrected chi connectivity index (χ1v) is 6.36. The first-order valence-electron chi connectivity index (χ1n) is 4.85. The topological polar surface area (TPSA) is 17.1 Å². The highest BCUT2D eigenvalue weighted by molar-refractivity contribution is 6.51. The molecule has 0 aliphatic carbocycles. The van der Waals surface area contributed by atoms with Gasteiger partial charge in [0, 0.05) is 6.42 Å². The molecule has 0 saturated carbocycles. The SMILES string of the molecule is CCCCC(=O)c1c(Cl)cc(Cl)c(Cl)c1Cl. The molecule has 0 N–H and O–H groups in total. The van der Waals surface area contributed by atoms with Crippen LogP contribution in [0.4, 0.5) is 0 Å². The van der Waals surface area contributed by atoms with Gasteiger partial charge in [0.25, 0.3) is 0 Å². The van der Waals surface area contributed by atoms with E-state index in [0.717, 1.165) is 12.8 Å². The smallest absolute Gasteiger partial charge is 0.165 e. The van der Waals surface area contributed by atoms with E-state index < -0.39 is 0 Å². The summed E-state index contributed by atoms with van der Waals surface area (Å²) in [5.74, 6) is -0.101. The van der Waals surface area contributed by atoms with E-state index in [4.69, 9.17) is 46.4 Å². The zero-order chi connectivity index (χ0) is 12.3. The van der Waals surface area contributed by atoms with Gasteiger partial charge in [-0.3, -0.25) is 4.79 Å². The zero-order valence-electron chi connectivity index (χ0n) is 8.62. The normalized spacial score (nSPS) is 10.6. The second-order valence-electron chi connectivity index (χ2n) is 3.37. The Kier molecular flexibility index (Phi) is 5.39. The number of halogens is 4. The molecule has 0 unspecified atom stereocenters. The Morgan fingerprint density at radius 1 is 1.12 bits per heavy atom. The van der Waals surface area contributed by atoms with Crippen molar-refractivity contribution in [1.29, 1.82) is 0 Å². The lowest BCUT2D eigenvalue weighted by Gasteiger charge is -2.08. The quantitative estimate of drug-likeness (QED) is 0.397. The van der Waals surface area contributed by atoms with Crippen LogP contribution < -0.4 is 0 Å². The first kappa shape index (κ1) is 14.1. The van der Waals surface area contributed by atoms with Gasteiger partial charge in [-0.2, -0.15) is 0 Å². The molecule has 1 aromatic carbocycles. The Labute approximate surface area is 115 Å². The maximum atomic E-state index is 11.8. The molecule has 5 heteroatoms. The van der Waals surface area contributed by atoms with E-state index in [1.54, 1.807) is 0 Å². The number of rotatable bonds is 4. The van der Waals surface area contributed by atoms with Gasteiger partial charge in [-0.1, -0.05) is 59.7 Å². The minimum Gasteiger partial charge on any atom is -0.294 e. The van der Waals surface area contributed by atoms with Crippen molar-refractivity contribution in [3.05, 3.63) is 31.7 Å². The third-order valence-electron chi connectivity index (χ3n) is 2.15. The Morgan fingerprint density at radius 3 is 2.31 bits per heavy atom. The van der Waals surface area contributed by atoms with E-state index in [-0.39, 0.29) is 31.4 Å². The van der Waals surface area contributed by atoms with E-state index in [2.05, 4.69) is 0 Å². The number of carbonyl (C=O) groups excluding carboxylic acids is 1. The number of ketones is 1. The lowest BCUT2D eigenvalue weighted by Crippen LogP contribution is -2.01. The molecule has 1 rings (SSSR count). The summed E-state index contributed by atoms with van der Waals surface area (Å²) in [4.78, 5) is 11.8. The summed E-state index contributed by atoms with van der Waals surface area (Å²) < 4.78 is 0. The molecule has 0 aromatic heterocycles. The van der Waals surface area contributed by atoms with Crippen LogP contribution in [0.1, 0.15) is 36.5 Å². The molecule has 16 heavy (non-hydrogen) atoms. The number of hydrogen-bond acceptors (Lipinski definition) is 1. The molecule has 0 heterocycles. The molecule has 0 fully saturated rings. The number of unbranched alkanes of at least 4 members (excludes halogenated alkanes) is 1. The lowest BCUT2D eigenvalue weighted by atomic mass is 10.1. The summed E-state index contributed by atoms with van der Waals surface area (Å²) in [5, 5.41) is 0.817. The Balaban J connectivity index is 3.13. The van der Waals surface area contributed by atoms with Crippen LogP contribution in [0, 0.1) is 0 Å². The number of carbonyl (C=O) groups is 1. The predicted octanol–water partition coefficient (Wildman–Crippen LogP) is 5.67. The van der Waals surface area contributed by atoms with Crippen LogP contribution in [0.3, 0.4) is 0 Å². The van der Waals surface area contributed by atoms with Gasteiger partial charge >= 0.3 is 0 Å². The van der Waals surface area contributed by atoms with Crippen LogP contribution in [-0.2, 0) is 0 Å². The zero-order valence-corrected chi connectivity index (χ0v) is 11.6. The number of hydrogen-bond donors (Lipinski definition) is 0. The number of benzene rings is 1. The van der Waals surface area contributed by atoms with Gasteiger partial charge in [-0.25, -0.2) is 0 Å². The maximum absolute atomic E-state index is 11.8. The van der Waals surface area contributed by atoms with Crippen LogP contribution >= 0.6 is 46.4 Å². The van der Waals surface area contributed by atoms with Crippen LogP contribution in [0.2, 0.25) is 20.1 Å². The van der Waals surface area contributed by atoms with E-state index in [9.17, 15) is 4.79 Å². The van der Waals surface area contributed by atoms with Crippen molar-refractivity contribution in [3.8, 4) is 0 Å². The fourth-order valence-corrected chi connectivity index (χ4v) is 2.41. The van der Waals surface area contributed by atoms with Crippen molar-refractivity contribution in [2.24, 2.45) is 0 Å². The standard InChI is InChI=1S/C11H10Cl4O/c1-2-3-4-8(16)9-6(12)5-7(13)10(14)11(9)15/h5H,2-4H2,1H3. The number of Topliss-reactive ketones (excluding diaryl/α,β-unsaturated/α-hetero) is 1. The highest BCUT2D eigenvalue weighted by atomic mass is 35.5. The average molecular weight is 300 g/mol. The molecular formula is C11H10Cl4O. The summed E-state index contributed by atoms with van der Waals surface area (Å²) in [6, 6.07) is 1.44. The van der Waals surface area contributed by atoms with Crippen LogP contribution in [-0.4, -0.2) is 5.78 Å². The fourth-order valence-electron chi connectivity index (χ4n) is 1.28. The van der Waals surface area contributed by atoms with E-state index in [0.29, 0.717) is 6.42 Å². The van der Waals surface area contributed by atoms with E-state index in [1.807, 2.05) is 6.92 Å². The van der Waals surface area contributed by atoms with Crippen LogP contribution in [0.5, 0.6) is 0 Å². The van der Waals surface area contributed by atoms with Crippen molar-refractivity contribution in [3.63, 3.8) is 0 Å².